The van der Waals surface area contributed by atoms with E-state index in [1.165, 1.54) is 24.4 Å². The van der Waals surface area contributed by atoms with E-state index in [0.717, 1.165) is 24.1 Å². The molecule has 37 heavy (non-hydrogen) atoms. The zero-order valence-electron chi connectivity index (χ0n) is 20.7. The van der Waals surface area contributed by atoms with Gasteiger partial charge in [-0.3, -0.25) is 4.98 Å². The van der Waals surface area contributed by atoms with Crippen LogP contribution in [0.5, 0.6) is 0 Å². The molecule has 6 rings (SSSR count). The number of rotatable bonds is 4. The molecule has 3 heterocycles. The van der Waals surface area contributed by atoms with Crippen molar-refractivity contribution in [1.29, 1.82) is 0 Å². The fraction of sp³-hybridized carbons (Fsp3) is 0.370. The molecule has 4 aromatic rings. The summed E-state index contributed by atoms with van der Waals surface area (Å²) in [6.07, 6.45) is 4.85. The summed E-state index contributed by atoms with van der Waals surface area (Å²) in [5.41, 5.74) is 0.659. The van der Waals surface area contributed by atoms with Crippen molar-refractivity contribution in [3.63, 3.8) is 0 Å². The molecule has 3 aromatic heterocycles. The molecule has 0 amide bonds. The van der Waals surface area contributed by atoms with Crippen LogP contribution in [0.25, 0.3) is 22.8 Å². The number of hydrogen-bond donors (Lipinski definition) is 1. The summed E-state index contributed by atoms with van der Waals surface area (Å²) in [5, 5.41) is 19.2. The second kappa shape index (κ2) is 7.85. The van der Waals surface area contributed by atoms with Gasteiger partial charge in [0.1, 0.15) is 28.6 Å². The first-order chi connectivity index (χ1) is 17.4. The molecule has 1 fully saturated rings. The van der Waals surface area contributed by atoms with E-state index in [1.807, 2.05) is 0 Å². The number of hydrogen-bond acceptors (Lipinski definition) is 7. The zero-order chi connectivity index (χ0) is 26.3. The summed E-state index contributed by atoms with van der Waals surface area (Å²) in [5.74, 6) is -1.12. The molecule has 190 valence electrons. The molecule has 7 nitrogen and oxygen atoms in total. The average Bonchev–Trinajstić information content (AvgIpc) is 3.42. The van der Waals surface area contributed by atoms with Crippen LogP contribution < -0.4 is 0 Å². The van der Waals surface area contributed by atoms with E-state index >= 15 is 0 Å². The van der Waals surface area contributed by atoms with Gasteiger partial charge in [-0.15, -0.1) is 5.10 Å². The standard InChI is InChI=1S/C27H24ClF2N5O2/c1-25(2)14-8-9-27(25,21-13(14)10-17(34-35-21)20-15(29)6-5-7-16(20)30)19-12-31-11-18(32-19)24-33-22(23(28)37-24)26(3,4)36/h5-7,10-12,14,36H,8-9H2,1-4H3/t14-,27-/m0/s1. The SMILES string of the molecule is CC(C)(O)c1nc(-c2cncc([C@@]34CC[C@@H](c5cc(-c6c(F)cccc6F)nnc53)C4(C)C)n2)oc1Cl. The maximum absolute atomic E-state index is 14.5. The van der Waals surface area contributed by atoms with Crippen molar-refractivity contribution in [1.82, 2.24) is 25.1 Å². The molecule has 0 aliphatic heterocycles. The first-order valence-corrected chi connectivity index (χ1v) is 12.4. The van der Waals surface area contributed by atoms with Gasteiger partial charge >= 0.3 is 0 Å². The maximum atomic E-state index is 14.5. The first kappa shape index (κ1) is 24.1. The lowest BCUT2D eigenvalue weighted by molar-refractivity contribution is 0.0739. The van der Waals surface area contributed by atoms with Crippen LogP contribution in [0.2, 0.25) is 5.22 Å². The molecule has 2 bridgehead atoms. The molecule has 2 aliphatic rings. The highest BCUT2D eigenvalue weighted by Gasteiger charge is 2.65. The van der Waals surface area contributed by atoms with E-state index < -0.39 is 22.7 Å². The van der Waals surface area contributed by atoms with Crippen molar-refractivity contribution in [3.05, 3.63) is 76.2 Å². The van der Waals surface area contributed by atoms with Crippen LogP contribution in [-0.4, -0.2) is 30.3 Å². The Hall–Kier alpha value is -3.30. The Balaban J connectivity index is 1.49. The highest BCUT2D eigenvalue weighted by atomic mass is 35.5. The van der Waals surface area contributed by atoms with Crippen LogP contribution in [0.3, 0.4) is 0 Å². The third-order valence-corrected chi connectivity index (χ3v) is 8.31. The van der Waals surface area contributed by atoms with Gasteiger partial charge in [0.25, 0.3) is 0 Å². The van der Waals surface area contributed by atoms with Crippen molar-refractivity contribution in [2.24, 2.45) is 5.41 Å². The summed E-state index contributed by atoms with van der Waals surface area (Å²) in [4.78, 5) is 13.7. The molecule has 0 saturated heterocycles. The highest BCUT2D eigenvalue weighted by Crippen LogP contribution is 2.69. The number of aromatic nitrogens is 5. The molecule has 1 N–H and O–H groups in total. The molecular weight excluding hydrogens is 500 g/mol. The Bertz CT molecular complexity index is 1540. The minimum absolute atomic E-state index is 0.0147. The van der Waals surface area contributed by atoms with Gasteiger partial charge in [0.2, 0.25) is 11.1 Å². The summed E-state index contributed by atoms with van der Waals surface area (Å²) in [7, 11) is 0. The summed E-state index contributed by atoms with van der Waals surface area (Å²) in [6, 6.07) is 5.51. The van der Waals surface area contributed by atoms with E-state index in [2.05, 4.69) is 34.0 Å². The van der Waals surface area contributed by atoms with E-state index in [4.69, 9.17) is 21.0 Å². The summed E-state index contributed by atoms with van der Waals surface area (Å²) in [6.45, 7) is 7.44. The fourth-order valence-electron chi connectivity index (χ4n) is 6.22. The molecule has 10 heteroatoms. The van der Waals surface area contributed by atoms with Crippen LogP contribution in [0, 0.1) is 17.0 Å². The number of nitrogens with zero attached hydrogens (tertiary/aromatic N) is 5. The predicted octanol–water partition coefficient (Wildman–Crippen LogP) is 5.95. The molecule has 0 spiro atoms. The van der Waals surface area contributed by atoms with Crippen LogP contribution in [0.4, 0.5) is 8.78 Å². The molecule has 0 radical (unpaired) electrons. The van der Waals surface area contributed by atoms with E-state index in [9.17, 15) is 13.9 Å². The first-order valence-electron chi connectivity index (χ1n) is 12.0. The topological polar surface area (TPSA) is 97.8 Å². The Morgan fingerprint density at radius 3 is 2.49 bits per heavy atom. The lowest BCUT2D eigenvalue weighted by Crippen LogP contribution is -2.38. The van der Waals surface area contributed by atoms with Crippen molar-refractivity contribution in [2.75, 3.05) is 0 Å². The van der Waals surface area contributed by atoms with E-state index in [1.54, 1.807) is 26.1 Å². The molecular formula is C27H24ClF2N5O2. The molecule has 2 atom stereocenters. The normalized spacial score (nSPS) is 21.9. The quantitative estimate of drug-likeness (QED) is 0.353. The number of oxazole rings is 1. The smallest absolute Gasteiger partial charge is 0.248 e. The molecule has 1 aromatic carbocycles. The second-order valence-corrected chi connectivity index (χ2v) is 11.2. The van der Waals surface area contributed by atoms with Gasteiger partial charge in [0, 0.05) is 6.20 Å². The Labute approximate surface area is 217 Å². The third-order valence-electron chi connectivity index (χ3n) is 8.06. The van der Waals surface area contributed by atoms with Crippen LogP contribution >= 0.6 is 11.6 Å². The number of fused-ring (bicyclic) bond motifs is 5. The maximum Gasteiger partial charge on any atom is 0.248 e. The Morgan fingerprint density at radius 1 is 1.08 bits per heavy atom. The monoisotopic (exact) mass is 523 g/mol. The van der Waals surface area contributed by atoms with E-state index in [-0.39, 0.29) is 39.4 Å². The minimum atomic E-state index is -1.29. The lowest BCUT2D eigenvalue weighted by Gasteiger charge is -2.37. The summed E-state index contributed by atoms with van der Waals surface area (Å²) < 4.78 is 34.6. The largest absolute Gasteiger partial charge is 0.423 e. The van der Waals surface area contributed by atoms with Gasteiger partial charge in [-0.2, -0.15) is 5.10 Å². The molecule has 0 unspecified atom stereocenters. The van der Waals surface area contributed by atoms with Gasteiger partial charge in [-0.1, -0.05) is 19.9 Å². The van der Waals surface area contributed by atoms with Gasteiger partial charge < -0.3 is 9.52 Å². The van der Waals surface area contributed by atoms with Crippen molar-refractivity contribution in [2.45, 2.75) is 57.5 Å². The third kappa shape index (κ3) is 3.30. The zero-order valence-corrected chi connectivity index (χ0v) is 21.4. The molecule has 2 aliphatic carbocycles. The molecule has 1 saturated carbocycles. The van der Waals surface area contributed by atoms with Crippen molar-refractivity contribution >= 4 is 11.6 Å². The van der Waals surface area contributed by atoms with Crippen molar-refractivity contribution < 1.29 is 18.3 Å². The van der Waals surface area contributed by atoms with Gasteiger partial charge in [-0.25, -0.2) is 18.7 Å². The van der Waals surface area contributed by atoms with Crippen LogP contribution in [-0.2, 0) is 11.0 Å². The predicted molar refractivity (Wildman–Crippen MR) is 132 cm³/mol. The van der Waals surface area contributed by atoms with E-state index in [0.29, 0.717) is 11.4 Å². The summed E-state index contributed by atoms with van der Waals surface area (Å²) >= 11 is 6.20. The number of halogens is 3. The number of aliphatic hydroxyl groups is 1. The number of benzene rings is 1. The van der Waals surface area contributed by atoms with Crippen molar-refractivity contribution in [3.8, 4) is 22.8 Å². The fourth-order valence-corrected chi connectivity index (χ4v) is 6.57. The van der Waals surface area contributed by atoms with Crippen LogP contribution in [0.15, 0.2) is 41.1 Å². The second-order valence-electron chi connectivity index (χ2n) is 10.8. The lowest BCUT2D eigenvalue weighted by atomic mass is 9.66. The average molecular weight is 524 g/mol. The minimum Gasteiger partial charge on any atom is -0.423 e. The Kier molecular flexibility index (Phi) is 5.10. The van der Waals surface area contributed by atoms with Gasteiger partial charge in [0.05, 0.1) is 34.3 Å². The van der Waals surface area contributed by atoms with Gasteiger partial charge in [-0.05, 0) is 73.4 Å². The van der Waals surface area contributed by atoms with Crippen LogP contribution in [0.1, 0.15) is 69.1 Å². The van der Waals surface area contributed by atoms with Gasteiger partial charge in [0.15, 0.2) is 0 Å². The highest BCUT2D eigenvalue weighted by molar-refractivity contribution is 6.29. The Morgan fingerprint density at radius 2 is 1.81 bits per heavy atom.